The zero-order chi connectivity index (χ0) is 48.1. The summed E-state index contributed by atoms with van der Waals surface area (Å²) in [5.41, 5.74) is 3.76. The molecular weight excluding hydrogens is 901 g/mol. The van der Waals surface area contributed by atoms with Crippen LogP contribution in [-0.2, 0) is 34.6 Å². The number of sulfonamides is 1. The number of carbonyl (C=O) groups excluding carboxylic acids is 4. The predicted molar refractivity (Wildman–Crippen MR) is 247 cm³/mol. The Bertz CT molecular complexity index is 2870. The van der Waals surface area contributed by atoms with Crippen molar-refractivity contribution >= 4 is 51.2 Å². The van der Waals surface area contributed by atoms with Gasteiger partial charge in [-0.3, -0.25) is 14.5 Å². The van der Waals surface area contributed by atoms with Crippen LogP contribution in [0.2, 0.25) is 0 Å². The smallest absolute Gasteiger partial charge is 0.436 e. The molecular formula is C49H51F2N7O9S. The third kappa shape index (κ3) is 8.25. The second-order valence-corrected chi connectivity index (χ2v) is 19.4. The summed E-state index contributed by atoms with van der Waals surface area (Å²) in [6.07, 6.45) is -0.654. The molecule has 1 unspecified atom stereocenters. The molecule has 16 nitrogen and oxygen atoms in total. The van der Waals surface area contributed by atoms with E-state index < -0.39 is 68.2 Å². The largest absolute Gasteiger partial charge is 0.448 e. The minimum atomic E-state index is -4.64. The maximum absolute atomic E-state index is 14.8. The Balaban J connectivity index is 1.02. The molecule has 2 atom stereocenters. The van der Waals surface area contributed by atoms with Gasteiger partial charge in [-0.15, -0.1) is 4.68 Å². The van der Waals surface area contributed by atoms with Crippen molar-refractivity contribution in [3.63, 3.8) is 0 Å². The minimum absolute atomic E-state index is 0.0311. The van der Waals surface area contributed by atoms with Crippen LogP contribution in [0.5, 0.6) is 0 Å². The van der Waals surface area contributed by atoms with Crippen molar-refractivity contribution in [1.82, 2.24) is 19.0 Å². The summed E-state index contributed by atoms with van der Waals surface area (Å²) in [6, 6.07) is 20.9. The van der Waals surface area contributed by atoms with Gasteiger partial charge >= 0.3 is 12.2 Å². The van der Waals surface area contributed by atoms with Gasteiger partial charge in [-0.05, 0) is 92.6 Å². The number of aromatic nitrogens is 2. The van der Waals surface area contributed by atoms with E-state index in [1.54, 1.807) is 26.0 Å². The first-order valence-corrected chi connectivity index (χ1v) is 24.1. The number of morpholine rings is 1. The molecule has 4 aromatic carbocycles. The van der Waals surface area contributed by atoms with Gasteiger partial charge in [0.15, 0.2) is 0 Å². The highest BCUT2D eigenvalue weighted by Gasteiger charge is 2.55. The number of benzene rings is 4. The van der Waals surface area contributed by atoms with E-state index in [0.29, 0.717) is 50.9 Å². The van der Waals surface area contributed by atoms with E-state index >= 15 is 0 Å². The summed E-state index contributed by atoms with van der Waals surface area (Å²) in [7, 11) is -4.64. The van der Waals surface area contributed by atoms with Crippen LogP contribution < -0.4 is 15.5 Å². The number of nitrogens with zero attached hydrogens (tertiary/aromatic N) is 5. The van der Waals surface area contributed by atoms with E-state index in [4.69, 9.17) is 14.2 Å². The molecule has 5 aromatic rings. The normalized spacial score (nSPS) is 18.7. The van der Waals surface area contributed by atoms with Crippen LogP contribution in [0.15, 0.2) is 89.8 Å². The highest BCUT2D eigenvalue weighted by Crippen LogP contribution is 2.53. The standard InChI is InChI=1S/C49H51F2N7O9S/c1-5-40-42-43(49(3,4)58(40)68(63,64)32-25-29(50)24-30(51)26-32)54-57(48(62)66-6-2)44(42)53-45(59)37-18-17-31(55-20-22-65-23-21-55)27-39(37)52-46(60)41-16-11-19-56(41)47(61)67-28-38-35-14-9-7-12-33(35)34-13-8-10-15-36(34)38/h7-10,12-15,17-18,24-27,38,40-41H,5-6,11,16,19-23,28H2,1-4H3,(H,52,60)(H,53,59)/t40?,41-/m0/s1. The fraction of sp³-hybridized carbons (Fsp3) is 0.367. The average molecular weight is 952 g/mol. The molecule has 0 bridgehead atoms. The molecule has 3 amide bonds. The highest BCUT2D eigenvalue weighted by atomic mass is 32.2. The van der Waals surface area contributed by atoms with Crippen LogP contribution >= 0.6 is 0 Å². The van der Waals surface area contributed by atoms with Crippen LogP contribution in [0, 0.1) is 11.6 Å². The van der Waals surface area contributed by atoms with Crippen molar-refractivity contribution in [2.24, 2.45) is 0 Å². The lowest BCUT2D eigenvalue weighted by atomic mass is 9.98. The number of anilines is 3. The quantitative estimate of drug-likeness (QED) is 0.131. The molecule has 3 aliphatic heterocycles. The first-order chi connectivity index (χ1) is 32.6. The Kier molecular flexibility index (Phi) is 12.6. The SMILES string of the molecule is CCOC(=O)n1nc2c(c1NC(=O)c1ccc(N3CCOCC3)cc1NC(=O)[C@@H]1CCCN1C(=O)OCC1c3ccccc3-c3ccccc31)C(CC)N(S(=O)(=O)c1cc(F)cc(F)c1)C2(C)C. The van der Waals surface area contributed by atoms with Gasteiger partial charge in [-0.2, -0.15) is 9.40 Å². The molecule has 68 heavy (non-hydrogen) atoms. The van der Waals surface area contributed by atoms with Crippen molar-refractivity contribution in [2.45, 2.75) is 75.4 Å². The molecule has 0 spiro atoms. The van der Waals surface area contributed by atoms with Crippen molar-refractivity contribution in [3.8, 4) is 11.1 Å². The van der Waals surface area contributed by atoms with Crippen LogP contribution in [0.25, 0.3) is 11.1 Å². The second kappa shape index (κ2) is 18.4. The molecule has 2 saturated heterocycles. The number of halogens is 2. The van der Waals surface area contributed by atoms with Crippen LogP contribution in [0.3, 0.4) is 0 Å². The van der Waals surface area contributed by atoms with Crippen molar-refractivity contribution in [1.29, 1.82) is 0 Å². The lowest BCUT2D eigenvalue weighted by Crippen LogP contribution is -2.44. The topological polar surface area (TPSA) is 182 Å². The van der Waals surface area contributed by atoms with Gasteiger partial charge in [-0.25, -0.2) is 26.8 Å². The lowest BCUT2D eigenvalue weighted by molar-refractivity contribution is -0.120. The van der Waals surface area contributed by atoms with Crippen LogP contribution in [-0.4, -0.2) is 104 Å². The number of fused-ring (bicyclic) bond motifs is 4. The maximum atomic E-state index is 14.8. The first-order valence-electron chi connectivity index (χ1n) is 22.7. The van der Waals surface area contributed by atoms with E-state index in [2.05, 4.69) is 15.7 Å². The Morgan fingerprint density at radius 1 is 0.838 bits per heavy atom. The van der Waals surface area contributed by atoms with Gasteiger partial charge in [0.2, 0.25) is 15.9 Å². The van der Waals surface area contributed by atoms with Crippen LogP contribution in [0.1, 0.15) is 91.7 Å². The van der Waals surface area contributed by atoms with Gasteiger partial charge in [0.05, 0.1) is 53.2 Å². The van der Waals surface area contributed by atoms with Crippen molar-refractivity contribution in [3.05, 3.63) is 125 Å². The molecule has 0 saturated carbocycles. The minimum Gasteiger partial charge on any atom is -0.448 e. The lowest BCUT2D eigenvalue weighted by Gasteiger charge is -2.35. The van der Waals surface area contributed by atoms with Crippen molar-refractivity contribution in [2.75, 3.05) is 61.6 Å². The number of rotatable bonds is 11. The number of nitrogens with one attached hydrogen (secondary N) is 2. The van der Waals surface area contributed by atoms with E-state index in [-0.39, 0.29) is 60.4 Å². The molecule has 1 aliphatic carbocycles. The number of likely N-dealkylation sites (tertiary alicyclic amines) is 1. The molecule has 19 heteroatoms. The third-order valence-corrected chi connectivity index (χ3v) is 15.2. The summed E-state index contributed by atoms with van der Waals surface area (Å²) < 4.78 is 76.3. The maximum Gasteiger partial charge on any atom is 0.436 e. The van der Waals surface area contributed by atoms with E-state index in [0.717, 1.165) is 43.4 Å². The third-order valence-electron chi connectivity index (χ3n) is 13.1. The molecule has 2 N–H and O–H groups in total. The molecule has 1 aromatic heterocycles. The van der Waals surface area contributed by atoms with Gasteiger partial charge in [0, 0.05) is 42.9 Å². The molecule has 4 aliphatic rings. The molecule has 2 fully saturated rings. The number of carbonyl (C=O) groups is 4. The molecule has 9 rings (SSSR count). The summed E-state index contributed by atoms with van der Waals surface area (Å²) in [5, 5.41) is 10.2. The van der Waals surface area contributed by atoms with Crippen LogP contribution in [0.4, 0.5) is 35.6 Å². The van der Waals surface area contributed by atoms with Gasteiger partial charge in [-0.1, -0.05) is 55.5 Å². The second-order valence-electron chi connectivity index (χ2n) is 17.5. The zero-order valence-corrected chi connectivity index (χ0v) is 38.8. The first kappa shape index (κ1) is 46.4. The highest BCUT2D eigenvalue weighted by molar-refractivity contribution is 7.89. The van der Waals surface area contributed by atoms with Gasteiger partial charge in [0.1, 0.15) is 30.1 Å². The number of ether oxygens (including phenoxy) is 3. The molecule has 356 valence electrons. The number of hydrogen-bond acceptors (Lipinski definition) is 11. The zero-order valence-electron chi connectivity index (χ0n) is 38.0. The van der Waals surface area contributed by atoms with E-state index in [1.807, 2.05) is 53.4 Å². The Labute approximate surface area is 392 Å². The fourth-order valence-corrected chi connectivity index (χ4v) is 12.1. The number of hydrogen-bond donors (Lipinski definition) is 2. The molecule has 4 heterocycles. The summed E-state index contributed by atoms with van der Waals surface area (Å²) in [6.45, 7) is 8.62. The Hall–Kier alpha value is -6.70. The fourth-order valence-electron chi connectivity index (χ4n) is 10.1. The predicted octanol–water partition coefficient (Wildman–Crippen LogP) is 8.00. The number of amides is 3. The average Bonchev–Trinajstić information content (AvgIpc) is 4.09. The van der Waals surface area contributed by atoms with Gasteiger partial charge in [0.25, 0.3) is 5.91 Å². The summed E-state index contributed by atoms with van der Waals surface area (Å²) in [5.74, 6) is -3.92. The summed E-state index contributed by atoms with van der Waals surface area (Å²) >= 11 is 0. The van der Waals surface area contributed by atoms with E-state index in [9.17, 15) is 36.4 Å². The molecule has 0 radical (unpaired) electrons. The van der Waals surface area contributed by atoms with Crippen molar-refractivity contribution < 1.29 is 50.6 Å². The Morgan fingerprint density at radius 3 is 2.15 bits per heavy atom. The summed E-state index contributed by atoms with van der Waals surface area (Å²) in [4.78, 5) is 59.4. The van der Waals surface area contributed by atoms with Gasteiger partial charge < -0.3 is 29.7 Å². The van der Waals surface area contributed by atoms with E-state index in [1.165, 1.54) is 24.8 Å². The monoisotopic (exact) mass is 951 g/mol. The Morgan fingerprint density at radius 2 is 1.50 bits per heavy atom.